The third-order valence-corrected chi connectivity index (χ3v) is 3.76. The van der Waals surface area contributed by atoms with Crippen molar-refractivity contribution >= 4 is 11.6 Å². The van der Waals surface area contributed by atoms with Gasteiger partial charge in [0.25, 0.3) is 0 Å². The molecular weight excluding hydrogens is 250 g/mol. The molecular formula is C17H35NO2. The van der Waals surface area contributed by atoms with E-state index >= 15 is 0 Å². The van der Waals surface area contributed by atoms with Crippen molar-refractivity contribution in [2.75, 3.05) is 0 Å². The van der Waals surface area contributed by atoms with Crippen molar-refractivity contribution in [3.05, 3.63) is 0 Å². The lowest BCUT2D eigenvalue weighted by atomic mass is 9.84. The van der Waals surface area contributed by atoms with Gasteiger partial charge in [0.05, 0.1) is 6.42 Å². The standard InChI is InChI=1S/C17H32O2.H3N/c1-7-14(9-12(3)4)16(18)11-17(19)15(8-2)10-13(5)6;/h12-15H,7-11H2,1-6H3;1H3. The van der Waals surface area contributed by atoms with Crippen LogP contribution in [0, 0.1) is 23.7 Å². The predicted molar refractivity (Wildman–Crippen MR) is 86.1 cm³/mol. The Morgan fingerprint density at radius 2 is 1.05 bits per heavy atom. The molecule has 0 saturated heterocycles. The average molecular weight is 285 g/mol. The summed E-state index contributed by atoms with van der Waals surface area (Å²) in [6.07, 6.45) is 3.67. The summed E-state index contributed by atoms with van der Waals surface area (Å²) in [6, 6.07) is 0. The van der Waals surface area contributed by atoms with Gasteiger partial charge in [-0.05, 0) is 37.5 Å². The molecule has 0 radical (unpaired) electrons. The van der Waals surface area contributed by atoms with Crippen LogP contribution in [-0.4, -0.2) is 11.6 Å². The Balaban J connectivity index is 0. The number of carbonyl (C=O) groups is 2. The highest BCUT2D eigenvalue weighted by Crippen LogP contribution is 2.22. The Morgan fingerprint density at radius 1 is 0.750 bits per heavy atom. The number of Topliss-reactive ketones (excluding diaryl/α,β-unsaturated/α-hetero) is 2. The van der Waals surface area contributed by atoms with E-state index in [1.54, 1.807) is 0 Å². The third kappa shape index (κ3) is 8.47. The van der Waals surface area contributed by atoms with Crippen LogP contribution in [0.4, 0.5) is 0 Å². The summed E-state index contributed by atoms with van der Waals surface area (Å²) in [4.78, 5) is 24.4. The molecule has 0 aromatic rings. The molecule has 3 nitrogen and oxygen atoms in total. The van der Waals surface area contributed by atoms with Crippen LogP contribution in [-0.2, 0) is 9.59 Å². The maximum Gasteiger partial charge on any atom is 0.143 e. The van der Waals surface area contributed by atoms with Gasteiger partial charge in [-0.1, -0.05) is 41.5 Å². The summed E-state index contributed by atoms with van der Waals surface area (Å²) in [5, 5.41) is 0. The zero-order valence-electron chi connectivity index (χ0n) is 14.4. The van der Waals surface area contributed by atoms with Crippen molar-refractivity contribution in [1.29, 1.82) is 0 Å². The molecule has 0 aliphatic carbocycles. The number of ketones is 2. The fraction of sp³-hybridized carbons (Fsp3) is 0.882. The van der Waals surface area contributed by atoms with Crippen LogP contribution in [0.1, 0.15) is 73.6 Å². The van der Waals surface area contributed by atoms with Crippen LogP contribution in [0.3, 0.4) is 0 Å². The number of hydrogen-bond acceptors (Lipinski definition) is 3. The average Bonchev–Trinajstić information content (AvgIpc) is 2.31. The first kappa shape index (κ1) is 21.6. The van der Waals surface area contributed by atoms with E-state index in [1.807, 2.05) is 13.8 Å². The van der Waals surface area contributed by atoms with Crippen molar-refractivity contribution in [2.45, 2.75) is 73.6 Å². The summed E-state index contributed by atoms with van der Waals surface area (Å²) in [5.41, 5.74) is 0. The molecule has 0 rings (SSSR count). The molecule has 0 aromatic heterocycles. The molecule has 0 spiro atoms. The molecule has 0 bridgehead atoms. The number of carbonyl (C=O) groups excluding carboxylic acids is 2. The van der Waals surface area contributed by atoms with E-state index in [-0.39, 0.29) is 36.0 Å². The van der Waals surface area contributed by atoms with Crippen LogP contribution >= 0.6 is 0 Å². The fourth-order valence-corrected chi connectivity index (χ4v) is 2.65. The molecule has 20 heavy (non-hydrogen) atoms. The highest BCUT2D eigenvalue weighted by Gasteiger charge is 2.24. The molecule has 2 atom stereocenters. The lowest BCUT2D eigenvalue weighted by Crippen LogP contribution is -2.24. The van der Waals surface area contributed by atoms with Crippen LogP contribution in [0.5, 0.6) is 0 Å². The zero-order valence-corrected chi connectivity index (χ0v) is 14.4. The lowest BCUT2D eigenvalue weighted by Gasteiger charge is -2.19. The second-order valence-electron chi connectivity index (χ2n) is 6.58. The van der Waals surface area contributed by atoms with Crippen molar-refractivity contribution in [2.24, 2.45) is 23.7 Å². The summed E-state index contributed by atoms with van der Waals surface area (Å²) in [6.45, 7) is 12.6. The van der Waals surface area contributed by atoms with Gasteiger partial charge in [-0.2, -0.15) is 0 Å². The van der Waals surface area contributed by atoms with E-state index in [4.69, 9.17) is 0 Å². The van der Waals surface area contributed by atoms with Gasteiger partial charge >= 0.3 is 0 Å². The largest absolute Gasteiger partial charge is 0.344 e. The molecule has 0 fully saturated rings. The first-order valence-corrected chi connectivity index (χ1v) is 7.87. The van der Waals surface area contributed by atoms with Gasteiger partial charge in [-0.15, -0.1) is 0 Å². The maximum absolute atomic E-state index is 12.2. The maximum atomic E-state index is 12.2. The van der Waals surface area contributed by atoms with E-state index in [2.05, 4.69) is 27.7 Å². The molecule has 2 unspecified atom stereocenters. The van der Waals surface area contributed by atoms with Crippen molar-refractivity contribution in [3.63, 3.8) is 0 Å². The van der Waals surface area contributed by atoms with E-state index in [1.165, 1.54) is 0 Å². The fourth-order valence-electron chi connectivity index (χ4n) is 2.65. The molecule has 0 heterocycles. The van der Waals surface area contributed by atoms with E-state index in [0.29, 0.717) is 11.8 Å². The molecule has 3 N–H and O–H groups in total. The summed E-state index contributed by atoms with van der Waals surface area (Å²) >= 11 is 0. The Hall–Kier alpha value is -0.700. The molecule has 0 aliphatic rings. The number of rotatable bonds is 10. The lowest BCUT2D eigenvalue weighted by molar-refractivity contribution is -0.132. The highest BCUT2D eigenvalue weighted by molar-refractivity contribution is 6.01. The topological polar surface area (TPSA) is 69.1 Å². The quantitative estimate of drug-likeness (QED) is 0.585. The molecule has 0 amide bonds. The smallest absolute Gasteiger partial charge is 0.143 e. The van der Waals surface area contributed by atoms with E-state index < -0.39 is 0 Å². The third-order valence-electron chi connectivity index (χ3n) is 3.76. The van der Waals surface area contributed by atoms with Crippen molar-refractivity contribution in [1.82, 2.24) is 6.15 Å². The van der Waals surface area contributed by atoms with Gasteiger partial charge in [0.15, 0.2) is 0 Å². The number of hydrogen-bond donors (Lipinski definition) is 1. The highest BCUT2D eigenvalue weighted by atomic mass is 16.1. The second kappa shape index (κ2) is 11.0. The Bertz CT molecular complexity index is 257. The molecule has 0 aliphatic heterocycles. The summed E-state index contributed by atoms with van der Waals surface area (Å²) < 4.78 is 0. The van der Waals surface area contributed by atoms with Crippen LogP contribution in [0.25, 0.3) is 0 Å². The molecule has 120 valence electrons. The molecule has 0 saturated carbocycles. The molecule has 3 heteroatoms. The minimum Gasteiger partial charge on any atom is -0.344 e. The predicted octanol–water partition coefficient (Wildman–Crippen LogP) is 4.82. The van der Waals surface area contributed by atoms with Gasteiger partial charge in [-0.3, -0.25) is 9.59 Å². The van der Waals surface area contributed by atoms with Crippen molar-refractivity contribution < 1.29 is 9.59 Å². The van der Waals surface area contributed by atoms with Crippen LogP contribution in [0.15, 0.2) is 0 Å². The van der Waals surface area contributed by atoms with Gasteiger partial charge in [0.1, 0.15) is 11.6 Å². The van der Waals surface area contributed by atoms with Crippen LogP contribution in [0.2, 0.25) is 0 Å². The van der Waals surface area contributed by atoms with E-state index in [9.17, 15) is 9.59 Å². The Labute approximate surface area is 125 Å². The SMILES string of the molecule is CCC(CC(C)C)C(=O)CC(=O)C(CC)CC(C)C.N. The Kier molecular flexibility index (Phi) is 11.9. The van der Waals surface area contributed by atoms with Gasteiger partial charge in [-0.25, -0.2) is 0 Å². The first-order valence-electron chi connectivity index (χ1n) is 7.87. The van der Waals surface area contributed by atoms with Crippen LogP contribution < -0.4 is 6.15 Å². The Morgan fingerprint density at radius 3 is 1.25 bits per heavy atom. The first-order chi connectivity index (χ1) is 8.81. The monoisotopic (exact) mass is 285 g/mol. The summed E-state index contributed by atoms with van der Waals surface area (Å²) in [5.74, 6) is 1.48. The van der Waals surface area contributed by atoms with E-state index in [0.717, 1.165) is 25.7 Å². The second-order valence-corrected chi connectivity index (χ2v) is 6.58. The zero-order chi connectivity index (χ0) is 15.0. The minimum absolute atomic E-state index is 0. The minimum atomic E-state index is 0. The van der Waals surface area contributed by atoms with Gasteiger partial charge in [0.2, 0.25) is 0 Å². The normalized spacial score (nSPS) is 14.0. The van der Waals surface area contributed by atoms with Crippen molar-refractivity contribution in [3.8, 4) is 0 Å². The van der Waals surface area contributed by atoms with Gasteiger partial charge in [0, 0.05) is 11.8 Å². The molecule has 0 aromatic carbocycles. The summed E-state index contributed by atoms with van der Waals surface area (Å²) in [7, 11) is 0. The van der Waals surface area contributed by atoms with Gasteiger partial charge < -0.3 is 6.15 Å².